The van der Waals surface area contributed by atoms with Crippen LogP contribution in [0.5, 0.6) is 0 Å². The van der Waals surface area contributed by atoms with Gasteiger partial charge in [0.15, 0.2) is 0 Å². The van der Waals surface area contributed by atoms with Crippen molar-refractivity contribution in [2.75, 3.05) is 40.6 Å². The number of carbonyl (C=O) groups is 6. The van der Waals surface area contributed by atoms with Crippen molar-refractivity contribution in [2.24, 2.45) is 0 Å². The van der Waals surface area contributed by atoms with Gasteiger partial charge in [0.25, 0.3) is 0 Å². The van der Waals surface area contributed by atoms with Gasteiger partial charge < -0.3 is 0 Å². The molecule has 2 aliphatic rings. The van der Waals surface area contributed by atoms with E-state index in [1.807, 2.05) is 0 Å². The molecule has 0 amide bonds. The molecule has 0 aromatic rings. The molecule has 0 saturated carbocycles. The summed E-state index contributed by atoms with van der Waals surface area (Å²) < 4.78 is 52.6. The Hall–Kier alpha value is -3.17. The minimum absolute atomic E-state index is 0.176. The van der Waals surface area contributed by atoms with Gasteiger partial charge in [0.05, 0.1) is 0 Å². The SMILES string of the molecule is CCOC(=O)C1OP2(/C(=C/C(=O)OC)C(=O)OC)(OC1C(=O)OCC)OC(C(=O)OCC)C(C(=O)OCC)O2. The van der Waals surface area contributed by atoms with E-state index in [0.717, 1.165) is 14.2 Å². The Balaban J connectivity index is 2.91. The van der Waals surface area contributed by atoms with Crippen molar-refractivity contribution in [3.05, 3.63) is 11.4 Å². The number of methoxy groups -OCH3 is 2. The van der Waals surface area contributed by atoms with Crippen LogP contribution >= 0.6 is 7.51 Å². The molecule has 39 heavy (non-hydrogen) atoms. The predicted octanol–water partition coefficient (Wildman–Crippen LogP) is 0.250. The Morgan fingerprint density at radius 3 is 1.13 bits per heavy atom. The standard InChI is InChI=1S/C22H31O16P/c1-7-31-19(25)14-15(20(26)32-8-2)36-39(35-14,12(18(24)30-6)11-13(23)29-5)37-16(21(27)33-9-3)17(38-39)22(28)34-10-4/h11,14-17H,7-10H2,1-6H3/b12-11+. The zero-order chi connectivity index (χ0) is 29.4. The minimum atomic E-state index is -6.07. The summed E-state index contributed by atoms with van der Waals surface area (Å²) in [5, 5.41) is -0.974. The monoisotopic (exact) mass is 582 g/mol. The van der Waals surface area contributed by atoms with Crippen molar-refractivity contribution in [1.82, 2.24) is 0 Å². The third-order valence-electron chi connectivity index (χ3n) is 5.05. The second-order valence-electron chi connectivity index (χ2n) is 7.47. The van der Waals surface area contributed by atoms with Gasteiger partial charge in [0.1, 0.15) is 0 Å². The Labute approximate surface area is 223 Å². The van der Waals surface area contributed by atoms with Crippen LogP contribution in [-0.2, 0) is 75.3 Å². The molecule has 0 aliphatic carbocycles. The molecule has 0 aromatic heterocycles. The van der Waals surface area contributed by atoms with E-state index in [0.29, 0.717) is 6.08 Å². The van der Waals surface area contributed by atoms with Gasteiger partial charge in [-0.3, -0.25) is 0 Å². The van der Waals surface area contributed by atoms with E-state index in [1.54, 1.807) is 0 Å². The van der Waals surface area contributed by atoms with Gasteiger partial charge in [-0.1, -0.05) is 0 Å². The quantitative estimate of drug-likeness (QED) is 0.139. The van der Waals surface area contributed by atoms with E-state index < -0.39 is 73.1 Å². The number of carbonyl (C=O) groups excluding carboxylic acids is 6. The van der Waals surface area contributed by atoms with Crippen LogP contribution in [0.15, 0.2) is 11.4 Å². The molecule has 220 valence electrons. The summed E-state index contributed by atoms with van der Waals surface area (Å²) in [4.78, 5) is 76.9. The number of hydrogen-bond donors (Lipinski definition) is 0. The first kappa shape index (κ1) is 32.0. The van der Waals surface area contributed by atoms with Gasteiger partial charge in [-0.15, -0.1) is 0 Å². The van der Waals surface area contributed by atoms with Crippen LogP contribution in [0.1, 0.15) is 27.7 Å². The fourth-order valence-electron chi connectivity index (χ4n) is 3.53. The normalized spacial score (nSPS) is 26.0. The van der Waals surface area contributed by atoms with Crippen molar-refractivity contribution >= 4 is 43.3 Å². The molecule has 4 atom stereocenters. The van der Waals surface area contributed by atoms with Gasteiger partial charge in [0, 0.05) is 0 Å². The Bertz CT molecular complexity index is 906. The van der Waals surface area contributed by atoms with Crippen LogP contribution in [0.4, 0.5) is 0 Å². The third-order valence-corrected chi connectivity index (χ3v) is 8.51. The summed E-state index contributed by atoms with van der Waals surface area (Å²) in [6.45, 7) is 5.14. The van der Waals surface area contributed by atoms with Crippen molar-refractivity contribution in [2.45, 2.75) is 52.1 Å². The zero-order valence-corrected chi connectivity index (χ0v) is 23.1. The van der Waals surface area contributed by atoms with Crippen molar-refractivity contribution in [1.29, 1.82) is 0 Å². The molecule has 2 heterocycles. The van der Waals surface area contributed by atoms with Crippen LogP contribution in [0.3, 0.4) is 0 Å². The summed E-state index contributed by atoms with van der Waals surface area (Å²) in [6.07, 6.45) is -7.57. The number of ether oxygens (including phenoxy) is 6. The maximum atomic E-state index is 13.1. The molecule has 17 heteroatoms. The van der Waals surface area contributed by atoms with Crippen LogP contribution in [0, 0.1) is 0 Å². The van der Waals surface area contributed by atoms with Gasteiger partial charge in [-0.2, -0.15) is 0 Å². The molecular weight excluding hydrogens is 551 g/mol. The molecule has 0 N–H and O–H groups in total. The Kier molecular flexibility index (Phi) is 10.9. The van der Waals surface area contributed by atoms with E-state index >= 15 is 0 Å². The molecular formula is C22H31O16P. The molecule has 16 nitrogen and oxygen atoms in total. The van der Waals surface area contributed by atoms with Gasteiger partial charge >= 0.3 is 223 Å². The maximum absolute atomic E-state index is 13.1. The fraction of sp³-hybridized carbons (Fsp3) is 0.636. The number of esters is 6. The third kappa shape index (κ3) is 6.36. The van der Waals surface area contributed by atoms with Crippen LogP contribution < -0.4 is 0 Å². The molecule has 0 radical (unpaired) electrons. The van der Waals surface area contributed by atoms with Crippen LogP contribution in [0.25, 0.3) is 0 Å². The second kappa shape index (κ2) is 13.3. The predicted molar refractivity (Wildman–Crippen MR) is 125 cm³/mol. The summed E-state index contributed by atoms with van der Waals surface area (Å²) >= 11 is 0. The fourth-order valence-corrected chi connectivity index (χ4v) is 7.34. The Morgan fingerprint density at radius 1 is 0.590 bits per heavy atom. The summed E-state index contributed by atoms with van der Waals surface area (Å²) in [6, 6.07) is 0. The van der Waals surface area contributed by atoms with E-state index in [-0.39, 0.29) is 26.4 Å². The molecule has 2 fully saturated rings. The van der Waals surface area contributed by atoms with Crippen LogP contribution in [0.2, 0.25) is 0 Å². The molecule has 0 bridgehead atoms. The zero-order valence-electron chi connectivity index (χ0n) is 22.2. The number of hydrogen-bond acceptors (Lipinski definition) is 16. The first-order chi connectivity index (χ1) is 18.5. The molecule has 0 aromatic carbocycles. The molecule has 1 spiro atoms. The average Bonchev–Trinajstić information content (AvgIpc) is 3.45. The van der Waals surface area contributed by atoms with Crippen molar-refractivity contribution in [3.8, 4) is 0 Å². The molecule has 2 rings (SSSR count). The van der Waals surface area contributed by atoms with Gasteiger partial charge in [0.2, 0.25) is 0 Å². The van der Waals surface area contributed by atoms with E-state index in [1.165, 1.54) is 27.7 Å². The number of rotatable bonds is 11. The van der Waals surface area contributed by atoms with E-state index in [2.05, 4.69) is 4.74 Å². The topological polar surface area (TPSA) is 195 Å². The molecule has 2 saturated heterocycles. The first-order valence-electron chi connectivity index (χ1n) is 11.8. The first-order valence-corrected chi connectivity index (χ1v) is 13.7. The molecule has 2 aliphatic heterocycles. The summed E-state index contributed by atoms with van der Waals surface area (Å²) in [7, 11) is -4.19. The second-order valence-corrected chi connectivity index (χ2v) is 10.4. The van der Waals surface area contributed by atoms with Crippen molar-refractivity contribution in [3.63, 3.8) is 0 Å². The van der Waals surface area contributed by atoms with Crippen molar-refractivity contribution < 1.29 is 75.3 Å². The average molecular weight is 582 g/mol. The van der Waals surface area contributed by atoms with Gasteiger partial charge in [-0.05, 0) is 0 Å². The molecule has 4 unspecified atom stereocenters. The summed E-state index contributed by atoms with van der Waals surface area (Å²) in [5.41, 5.74) is 0. The Morgan fingerprint density at radius 2 is 0.897 bits per heavy atom. The van der Waals surface area contributed by atoms with E-state index in [4.69, 9.17) is 41.8 Å². The summed E-state index contributed by atoms with van der Waals surface area (Å²) in [5.74, 6) is -7.29. The van der Waals surface area contributed by atoms with Crippen LogP contribution in [-0.4, -0.2) is 101 Å². The van der Waals surface area contributed by atoms with Gasteiger partial charge in [-0.25, -0.2) is 0 Å². The van der Waals surface area contributed by atoms with E-state index in [9.17, 15) is 28.8 Å².